The lowest BCUT2D eigenvalue weighted by Gasteiger charge is -2.11. The number of thiazole rings is 1. The molecule has 0 unspecified atom stereocenters. The van der Waals surface area contributed by atoms with Gasteiger partial charge in [0.25, 0.3) is 5.91 Å². The van der Waals surface area contributed by atoms with Crippen LogP contribution in [0.4, 0.5) is 10.5 Å². The van der Waals surface area contributed by atoms with Gasteiger partial charge in [-0.15, -0.1) is 11.3 Å². The first kappa shape index (κ1) is 23.8. The van der Waals surface area contributed by atoms with E-state index < -0.39 is 0 Å². The van der Waals surface area contributed by atoms with Gasteiger partial charge in [-0.3, -0.25) is 4.79 Å². The molecule has 0 bridgehead atoms. The van der Waals surface area contributed by atoms with Gasteiger partial charge in [0.15, 0.2) is 0 Å². The average Bonchev–Trinajstić information content (AvgIpc) is 3.21. The van der Waals surface area contributed by atoms with E-state index in [0.717, 1.165) is 16.3 Å². The van der Waals surface area contributed by atoms with E-state index in [0.29, 0.717) is 36.7 Å². The van der Waals surface area contributed by atoms with Gasteiger partial charge >= 0.3 is 6.03 Å². The van der Waals surface area contributed by atoms with Crippen molar-refractivity contribution in [2.45, 2.75) is 27.2 Å². The highest BCUT2D eigenvalue weighted by Gasteiger charge is 2.12. The smallest absolute Gasteiger partial charge is 0.319 e. The number of aromatic nitrogens is 1. The molecule has 0 aliphatic carbocycles. The molecular formula is C24H27ClN4O2S. The first-order valence-corrected chi connectivity index (χ1v) is 11.7. The lowest BCUT2D eigenvalue weighted by Crippen LogP contribution is -2.30. The monoisotopic (exact) mass is 470 g/mol. The van der Waals surface area contributed by atoms with Crippen molar-refractivity contribution in [2.75, 3.05) is 18.4 Å². The number of hydrogen-bond acceptors (Lipinski definition) is 4. The molecule has 8 heteroatoms. The number of halogens is 1. The first-order chi connectivity index (χ1) is 15.3. The van der Waals surface area contributed by atoms with Crippen LogP contribution >= 0.6 is 22.9 Å². The normalized spacial score (nSPS) is 10.8. The third-order valence-electron chi connectivity index (χ3n) is 4.66. The summed E-state index contributed by atoms with van der Waals surface area (Å²) in [5.41, 5.74) is 4.14. The second kappa shape index (κ2) is 11.1. The summed E-state index contributed by atoms with van der Waals surface area (Å²) in [7, 11) is 0. The van der Waals surface area contributed by atoms with Gasteiger partial charge in [-0.2, -0.15) is 0 Å². The van der Waals surface area contributed by atoms with Crippen molar-refractivity contribution >= 4 is 40.6 Å². The molecule has 3 amide bonds. The summed E-state index contributed by atoms with van der Waals surface area (Å²) in [4.78, 5) is 29.0. The van der Waals surface area contributed by atoms with E-state index in [-0.39, 0.29) is 17.0 Å². The van der Waals surface area contributed by atoms with Gasteiger partial charge < -0.3 is 16.0 Å². The van der Waals surface area contributed by atoms with Gasteiger partial charge in [-0.05, 0) is 31.0 Å². The Hall–Kier alpha value is -2.90. The Labute approximate surface area is 197 Å². The van der Waals surface area contributed by atoms with Crippen LogP contribution < -0.4 is 16.0 Å². The van der Waals surface area contributed by atoms with Crippen LogP contribution in [0.15, 0.2) is 47.8 Å². The standard InChI is InChI=1S/C24H27ClN4O2S/c1-15(2)13-27-22(30)20-9-8-18(12-21(20)25)29-24(31)26-11-10-19-14-32-23(28-19)17-6-4-16(3)5-7-17/h4-9,12,14-15H,10-11,13H2,1-3H3,(H,27,30)(H2,26,29,31). The molecular weight excluding hydrogens is 444 g/mol. The summed E-state index contributed by atoms with van der Waals surface area (Å²) in [6, 6.07) is 12.8. The number of anilines is 1. The summed E-state index contributed by atoms with van der Waals surface area (Å²) >= 11 is 7.82. The number of benzene rings is 2. The van der Waals surface area contributed by atoms with Crippen LogP contribution in [-0.4, -0.2) is 30.0 Å². The molecule has 0 saturated carbocycles. The van der Waals surface area contributed by atoms with Crippen molar-refractivity contribution in [3.8, 4) is 10.6 Å². The number of rotatable bonds is 8. The molecule has 1 aromatic heterocycles. The van der Waals surface area contributed by atoms with Crippen LogP contribution in [0.5, 0.6) is 0 Å². The van der Waals surface area contributed by atoms with Crippen LogP contribution in [0.1, 0.15) is 35.5 Å². The maximum atomic E-state index is 12.2. The van der Waals surface area contributed by atoms with Gasteiger partial charge in [0.05, 0.1) is 16.3 Å². The van der Waals surface area contributed by atoms with Gasteiger partial charge in [0, 0.05) is 36.1 Å². The molecule has 168 valence electrons. The van der Waals surface area contributed by atoms with E-state index in [1.54, 1.807) is 29.5 Å². The van der Waals surface area contributed by atoms with E-state index in [4.69, 9.17) is 11.6 Å². The lowest BCUT2D eigenvalue weighted by molar-refractivity contribution is 0.0949. The molecule has 0 radical (unpaired) electrons. The Morgan fingerprint density at radius 2 is 1.84 bits per heavy atom. The molecule has 3 N–H and O–H groups in total. The highest BCUT2D eigenvalue weighted by atomic mass is 35.5. The first-order valence-electron chi connectivity index (χ1n) is 10.5. The third kappa shape index (κ3) is 6.80. The van der Waals surface area contributed by atoms with Gasteiger partial charge in [-0.1, -0.05) is 55.3 Å². The van der Waals surface area contributed by atoms with Gasteiger partial charge in [0.2, 0.25) is 0 Å². The minimum Gasteiger partial charge on any atom is -0.352 e. The second-order valence-corrected chi connectivity index (χ2v) is 9.20. The average molecular weight is 471 g/mol. The number of aryl methyl sites for hydroxylation is 1. The number of hydrogen-bond donors (Lipinski definition) is 3. The van der Waals surface area contributed by atoms with E-state index in [1.165, 1.54) is 5.56 Å². The van der Waals surface area contributed by atoms with E-state index in [1.807, 2.05) is 19.2 Å². The second-order valence-electron chi connectivity index (χ2n) is 7.94. The molecule has 1 heterocycles. The molecule has 32 heavy (non-hydrogen) atoms. The Morgan fingerprint density at radius 3 is 2.53 bits per heavy atom. The lowest BCUT2D eigenvalue weighted by atomic mass is 10.1. The number of carbonyl (C=O) groups is 2. The van der Waals surface area contributed by atoms with Crippen LogP contribution in [0, 0.1) is 12.8 Å². The van der Waals surface area contributed by atoms with Crippen LogP contribution in [-0.2, 0) is 6.42 Å². The Bertz CT molecular complexity index is 1080. The van der Waals surface area contributed by atoms with Crippen LogP contribution in [0.3, 0.4) is 0 Å². The Kier molecular flexibility index (Phi) is 8.25. The predicted molar refractivity (Wildman–Crippen MR) is 132 cm³/mol. The number of carbonyl (C=O) groups excluding carboxylic acids is 2. The number of nitrogens with zero attached hydrogens (tertiary/aromatic N) is 1. The largest absolute Gasteiger partial charge is 0.352 e. The van der Waals surface area contributed by atoms with Crippen molar-refractivity contribution in [3.05, 3.63) is 69.7 Å². The quantitative estimate of drug-likeness (QED) is 0.405. The summed E-state index contributed by atoms with van der Waals surface area (Å²) < 4.78 is 0. The van der Waals surface area contributed by atoms with Crippen molar-refractivity contribution in [1.82, 2.24) is 15.6 Å². The highest BCUT2D eigenvalue weighted by Crippen LogP contribution is 2.24. The molecule has 3 aromatic rings. The zero-order chi connectivity index (χ0) is 23.1. The molecule has 0 saturated heterocycles. The van der Waals surface area contributed by atoms with E-state index in [2.05, 4.69) is 52.1 Å². The summed E-state index contributed by atoms with van der Waals surface area (Å²) in [5.74, 6) is 0.119. The number of amides is 3. The Morgan fingerprint density at radius 1 is 1.09 bits per heavy atom. The molecule has 6 nitrogen and oxygen atoms in total. The molecule has 0 aliphatic rings. The summed E-state index contributed by atoms with van der Waals surface area (Å²) in [5, 5.41) is 11.7. The van der Waals surface area contributed by atoms with Gasteiger partial charge in [0.1, 0.15) is 5.01 Å². The molecule has 3 rings (SSSR count). The molecule has 0 aliphatic heterocycles. The van der Waals surface area contributed by atoms with Crippen LogP contribution in [0.25, 0.3) is 10.6 Å². The van der Waals surface area contributed by atoms with Crippen LogP contribution in [0.2, 0.25) is 5.02 Å². The van der Waals surface area contributed by atoms with E-state index in [9.17, 15) is 9.59 Å². The fraction of sp³-hybridized carbons (Fsp3) is 0.292. The summed E-state index contributed by atoms with van der Waals surface area (Å²) in [6.45, 7) is 7.12. The third-order valence-corrected chi connectivity index (χ3v) is 5.91. The van der Waals surface area contributed by atoms with Gasteiger partial charge in [-0.25, -0.2) is 9.78 Å². The SMILES string of the molecule is Cc1ccc(-c2nc(CCNC(=O)Nc3ccc(C(=O)NCC(C)C)c(Cl)c3)cs2)cc1. The fourth-order valence-corrected chi connectivity index (χ4v) is 4.03. The number of nitrogens with one attached hydrogen (secondary N) is 3. The minimum atomic E-state index is -0.341. The molecule has 0 atom stereocenters. The molecule has 0 fully saturated rings. The topological polar surface area (TPSA) is 83.1 Å². The highest BCUT2D eigenvalue weighted by molar-refractivity contribution is 7.13. The fourth-order valence-electron chi connectivity index (χ4n) is 2.90. The van der Waals surface area contributed by atoms with Crippen molar-refractivity contribution < 1.29 is 9.59 Å². The summed E-state index contributed by atoms with van der Waals surface area (Å²) in [6.07, 6.45) is 0.630. The van der Waals surface area contributed by atoms with E-state index >= 15 is 0 Å². The number of urea groups is 1. The minimum absolute atomic E-state index is 0.229. The predicted octanol–water partition coefficient (Wildman–Crippen LogP) is 5.52. The van der Waals surface area contributed by atoms with Crippen molar-refractivity contribution in [3.63, 3.8) is 0 Å². The maximum absolute atomic E-state index is 12.2. The van der Waals surface area contributed by atoms with Crippen molar-refractivity contribution in [2.24, 2.45) is 5.92 Å². The maximum Gasteiger partial charge on any atom is 0.319 e. The molecule has 0 spiro atoms. The Balaban J connectivity index is 1.47. The molecule has 2 aromatic carbocycles. The zero-order valence-electron chi connectivity index (χ0n) is 18.4. The zero-order valence-corrected chi connectivity index (χ0v) is 19.9. The van der Waals surface area contributed by atoms with Crippen molar-refractivity contribution in [1.29, 1.82) is 0 Å².